The zero-order chi connectivity index (χ0) is 9.80. The molecule has 0 aromatic carbocycles. The van der Waals surface area contributed by atoms with Crippen molar-refractivity contribution in [3.05, 3.63) is 0 Å². The monoisotopic (exact) mass is 197 g/mol. The summed E-state index contributed by atoms with van der Waals surface area (Å²) in [4.78, 5) is 5.05. The van der Waals surface area contributed by atoms with Crippen molar-refractivity contribution < 1.29 is 0 Å². The van der Waals surface area contributed by atoms with Gasteiger partial charge in [0.25, 0.3) is 0 Å². The van der Waals surface area contributed by atoms with Crippen LogP contribution in [0.3, 0.4) is 0 Å². The number of piperazine rings is 1. The minimum atomic E-state index is 1.00. The predicted octanol–water partition coefficient (Wildman–Crippen LogP) is 0.581. The molecule has 2 fully saturated rings. The summed E-state index contributed by atoms with van der Waals surface area (Å²) < 4.78 is 0. The molecular weight excluding hydrogens is 174 g/mol. The molecule has 82 valence electrons. The quantitative estimate of drug-likeness (QED) is 0.711. The van der Waals surface area contributed by atoms with E-state index in [-0.39, 0.29) is 0 Å². The van der Waals surface area contributed by atoms with E-state index in [0.717, 1.165) is 25.7 Å². The van der Waals surface area contributed by atoms with E-state index in [1.54, 1.807) is 0 Å². The second-order valence-electron chi connectivity index (χ2n) is 4.85. The van der Waals surface area contributed by atoms with Crippen LogP contribution in [-0.4, -0.2) is 56.2 Å². The van der Waals surface area contributed by atoms with E-state index < -0.39 is 0 Å². The van der Waals surface area contributed by atoms with Gasteiger partial charge in [-0.3, -0.25) is 9.80 Å². The summed E-state index contributed by atoms with van der Waals surface area (Å²) in [5.74, 6) is 1.00. The first-order valence-electron chi connectivity index (χ1n) is 5.96. The molecule has 0 bridgehead atoms. The van der Waals surface area contributed by atoms with Gasteiger partial charge in [-0.2, -0.15) is 0 Å². The van der Waals surface area contributed by atoms with Crippen molar-refractivity contribution in [1.29, 1.82) is 0 Å². The molecule has 1 aliphatic carbocycles. The average molecular weight is 197 g/mol. The van der Waals surface area contributed by atoms with Crippen molar-refractivity contribution in [2.45, 2.75) is 19.3 Å². The fourth-order valence-electron chi connectivity index (χ4n) is 2.37. The average Bonchev–Trinajstić information content (AvgIpc) is 2.13. The Labute approximate surface area is 87.4 Å². The van der Waals surface area contributed by atoms with Gasteiger partial charge in [0.15, 0.2) is 0 Å². The molecule has 2 rings (SSSR count). The van der Waals surface area contributed by atoms with E-state index >= 15 is 0 Å². The van der Waals surface area contributed by atoms with Gasteiger partial charge in [0.2, 0.25) is 0 Å². The van der Waals surface area contributed by atoms with Gasteiger partial charge < -0.3 is 5.32 Å². The molecule has 2 aliphatic rings. The fourth-order valence-corrected chi connectivity index (χ4v) is 2.37. The molecule has 0 atom stereocenters. The van der Waals surface area contributed by atoms with E-state index in [4.69, 9.17) is 0 Å². The first-order chi connectivity index (χ1) is 6.84. The zero-order valence-corrected chi connectivity index (χ0v) is 9.34. The molecule has 1 heterocycles. The summed E-state index contributed by atoms with van der Waals surface area (Å²) in [5.41, 5.74) is 0. The van der Waals surface area contributed by atoms with E-state index in [0.29, 0.717) is 0 Å². The maximum atomic E-state index is 3.39. The number of hydrogen-bond acceptors (Lipinski definition) is 3. The molecule has 3 heteroatoms. The van der Waals surface area contributed by atoms with Crippen LogP contribution in [0, 0.1) is 5.92 Å². The predicted molar refractivity (Wildman–Crippen MR) is 59.3 cm³/mol. The summed E-state index contributed by atoms with van der Waals surface area (Å²) in [6.07, 6.45) is 4.39. The van der Waals surface area contributed by atoms with Crippen LogP contribution in [0.15, 0.2) is 0 Å². The lowest BCUT2D eigenvalue weighted by molar-refractivity contribution is 0.110. The van der Waals surface area contributed by atoms with Crippen LogP contribution in [0.25, 0.3) is 0 Å². The smallest absolute Gasteiger partial charge is 0.0504 e. The third-order valence-corrected chi connectivity index (χ3v) is 3.45. The van der Waals surface area contributed by atoms with Crippen molar-refractivity contribution in [3.63, 3.8) is 0 Å². The van der Waals surface area contributed by atoms with Gasteiger partial charge in [0, 0.05) is 32.7 Å². The molecule has 1 aliphatic heterocycles. The summed E-state index contributed by atoms with van der Waals surface area (Å²) in [6.45, 7) is 7.24. The molecule has 1 N–H and O–H groups in total. The third-order valence-electron chi connectivity index (χ3n) is 3.45. The Morgan fingerprint density at radius 2 is 2.00 bits per heavy atom. The van der Waals surface area contributed by atoms with E-state index in [9.17, 15) is 0 Å². The molecule has 14 heavy (non-hydrogen) atoms. The minimum absolute atomic E-state index is 1.00. The molecule has 3 nitrogen and oxygen atoms in total. The lowest BCUT2D eigenvalue weighted by Crippen LogP contribution is -2.48. The standard InChI is InChI=1S/C11H23N3/c1-13(9-11-3-2-4-11)10-14-7-5-12-6-8-14/h11-12H,2-10H2,1H3. The fraction of sp³-hybridized carbons (Fsp3) is 1.00. The molecule has 0 unspecified atom stereocenters. The molecular formula is C11H23N3. The molecule has 0 aromatic heterocycles. The van der Waals surface area contributed by atoms with Crippen LogP contribution < -0.4 is 5.32 Å². The van der Waals surface area contributed by atoms with E-state index in [2.05, 4.69) is 22.2 Å². The summed E-state index contributed by atoms with van der Waals surface area (Å²) in [7, 11) is 2.26. The van der Waals surface area contributed by atoms with Crippen LogP contribution in [0.4, 0.5) is 0 Å². The lowest BCUT2D eigenvalue weighted by Gasteiger charge is -2.35. The van der Waals surface area contributed by atoms with Gasteiger partial charge in [0.05, 0.1) is 6.67 Å². The summed E-state index contributed by atoms with van der Waals surface area (Å²) in [6, 6.07) is 0. The summed E-state index contributed by atoms with van der Waals surface area (Å²) in [5, 5.41) is 3.39. The number of hydrogen-bond donors (Lipinski definition) is 1. The van der Waals surface area contributed by atoms with Gasteiger partial charge in [0.1, 0.15) is 0 Å². The maximum absolute atomic E-state index is 3.39. The van der Waals surface area contributed by atoms with Crippen LogP contribution >= 0.6 is 0 Å². The first kappa shape index (κ1) is 10.4. The highest BCUT2D eigenvalue weighted by molar-refractivity contribution is 4.73. The van der Waals surface area contributed by atoms with Crippen LogP contribution in [0.1, 0.15) is 19.3 Å². The molecule has 1 saturated heterocycles. The van der Waals surface area contributed by atoms with Crippen molar-refractivity contribution in [2.24, 2.45) is 5.92 Å². The largest absolute Gasteiger partial charge is 0.314 e. The maximum Gasteiger partial charge on any atom is 0.0504 e. The van der Waals surface area contributed by atoms with Gasteiger partial charge in [-0.15, -0.1) is 0 Å². The molecule has 1 saturated carbocycles. The van der Waals surface area contributed by atoms with Crippen molar-refractivity contribution in [1.82, 2.24) is 15.1 Å². The van der Waals surface area contributed by atoms with E-state index in [1.807, 2.05) is 0 Å². The number of nitrogens with zero attached hydrogens (tertiary/aromatic N) is 2. The number of rotatable bonds is 4. The van der Waals surface area contributed by atoms with Crippen molar-refractivity contribution in [2.75, 3.05) is 46.4 Å². The van der Waals surface area contributed by atoms with Gasteiger partial charge in [-0.25, -0.2) is 0 Å². The highest BCUT2D eigenvalue weighted by Gasteiger charge is 2.20. The van der Waals surface area contributed by atoms with Gasteiger partial charge in [-0.05, 0) is 25.8 Å². The molecule has 0 aromatic rings. The lowest BCUT2D eigenvalue weighted by atomic mass is 9.85. The van der Waals surface area contributed by atoms with Crippen LogP contribution in [-0.2, 0) is 0 Å². The Hall–Kier alpha value is -0.120. The zero-order valence-electron chi connectivity index (χ0n) is 9.34. The third kappa shape index (κ3) is 2.94. The molecule has 0 radical (unpaired) electrons. The second-order valence-corrected chi connectivity index (χ2v) is 4.85. The topological polar surface area (TPSA) is 18.5 Å². The van der Waals surface area contributed by atoms with Gasteiger partial charge >= 0.3 is 0 Å². The van der Waals surface area contributed by atoms with Crippen molar-refractivity contribution in [3.8, 4) is 0 Å². The Balaban J connectivity index is 1.62. The first-order valence-corrected chi connectivity index (χ1v) is 5.96. The highest BCUT2D eigenvalue weighted by atomic mass is 15.3. The molecule has 0 spiro atoms. The summed E-state index contributed by atoms with van der Waals surface area (Å²) >= 11 is 0. The Bertz CT molecular complexity index is 162. The Morgan fingerprint density at radius 1 is 1.29 bits per heavy atom. The minimum Gasteiger partial charge on any atom is -0.314 e. The second kappa shape index (κ2) is 5.10. The van der Waals surface area contributed by atoms with Gasteiger partial charge in [-0.1, -0.05) is 6.42 Å². The highest BCUT2D eigenvalue weighted by Crippen LogP contribution is 2.26. The SMILES string of the molecule is CN(CC1CCC1)CN1CCNCC1. The normalized spacial score (nSPS) is 25.3. The Morgan fingerprint density at radius 3 is 2.57 bits per heavy atom. The number of nitrogens with one attached hydrogen (secondary N) is 1. The van der Waals surface area contributed by atoms with E-state index in [1.165, 1.54) is 38.9 Å². The Kier molecular flexibility index (Phi) is 3.79. The van der Waals surface area contributed by atoms with Crippen LogP contribution in [0.2, 0.25) is 0 Å². The van der Waals surface area contributed by atoms with Crippen LogP contribution in [0.5, 0.6) is 0 Å². The van der Waals surface area contributed by atoms with Crippen molar-refractivity contribution >= 4 is 0 Å². The molecule has 0 amide bonds.